The third-order valence-electron chi connectivity index (χ3n) is 4.64. The Kier molecular flexibility index (Phi) is 10.0. The van der Waals surface area contributed by atoms with Crippen LogP contribution in [0.2, 0.25) is 0 Å². The number of rotatable bonds is 4. The highest BCUT2D eigenvalue weighted by atomic mass is 32.2. The molecule has 0 aromatic rings. The van der Waals surface area contributed by atoms with Crippen molar-refractivity contribution in [1.82, 2.24) is 5.32 Å². The first kappa shape index (κ1) is 18.3. The number of hydrogen-bond donors (Lipinski definition) is 2. The lowest BCUT2D eigenvalue weighted by Crippen LogP contribution is -2.37. The molecule has 1 saturated carbocycles. The lowest BCUT2D eigenvalue weighted by Gasteiger charge is -2.30. The highest BCUT2D eigenvalue weighted by molar-refractivity contribution is 8.00. The molecule has 1 fully saturated rings. The predicted molar refractivity (Wildman–Crippen MR) is 91.5 cm³/mol. The largest absolute Gasteiger partial charge is 0.392 e. The summed E-state index contributed by atoms with van der Waals surface area (Å²) in [6.45, 7) is 4.08. The molecule has 120 valence electrons. The van der Waals surface area contributed by atoms with Gasteiger partial charge in [-0.15, -0.1) is 0 Å². The topological polar surface area (TPSA) is 32.3 Å². The smallest absolute Gasteiger partial charge is 0.0628 e. The van der Waals surface area contributed by atoms with Crippen LogP contribution in [0.25, 0.3) is 0 Å². The highest BCUT2D eigenvalue weighted by Gasteiger charge is 2.24. The lowest BCUT2D eigenvalue weighted by molar-refractivity contribution is 0.196. The fourth-order valence-electron chi connectivity index (χ4n) is 3.04. The Morgan fingerprint density at radius 3 is 1.90 bits per heavy atom. The van der Waals surface area contributed by atoms with E-state index in [1.807, 2.05) is 18.7 Å². The van der Waals surface area contributed by atoms with Crippen LogP contribution in [0.5, 0.6) is 0 Å². The van der Waals surface area contributed by atoms with Gasteiger partial charge in [0.2, 0.25) is 0 Å². The summed E-state index contributed by atoms with van der Waals surface area (Å²) in [5, 5.41) is 14.3. The quantitative estimate of drug-likeness (QED) is 0.809. The standard InChI is InChI=1S/C17H35NOS/c1-14(19)15(2)20-17-13-11-9-7-5-4-6-8-10-12-16(17)18-3/h14-19H,4-13H2,1-3H3. The second kappa shape index (κ2) is 10.9. The van der Waals surface area contributed by atoms with E-state index in [1.54, 1.807) is 0 Å². The molecule has 4 unspecified atom stereocenters. The van der Waals surface area contributed by atoms with Gasteiger partial charge in [-0.25, -0.2) is 0 Å². The maximum atomic E-state index is 9.78. The summed E-state index contributed by atoms with van der Waals surface area (Å²) in [6.07, 6.45) is 13.5. The maximum Gasteiger partial charge on any atom is 0.0628 e. The Bertz CT molecular complexity index is 235. The summed E-state index contributed by atoms with van der Waals surface area (Å²) in [6, 6.07) is 0.612. The number of hydrogen-bond acceptors (Lipinski definition) is 3. The molecule has 0 amide bonds. The van der Waals surface area contributed by atoms with E-state index < -0.39 is 0 Å². The molecular formula is C17H35NOS. The first-order chi connectivity index (χ1) is 9.65. The monoisotopic (exact) mass is 301 g/mol. The first-order valence-corrected chi connectivity index (χ1v) is 9.60. The van der Waals surface area contributed by atoms with Crippen molar-refractivity contribution in [3.8, 4) is 0 Å². The molecule has 1 aliphatic carbocycles. The van der Waals surface area contributed by atoms with Gasteiger partial charge in [-0.1, -0.05) is 58.3 Å². The number of aliphatic hydroxyl groups excluding tert-OH is 1. The van der Waals surface area contributed by atoms with E-state index >= 15 is 0 Å². The molecule has 0 aromatic carbocycles. The van der Waals surface area contributed by atoms with Gasteiger partial charge in [-0.05, 0) is 26.8 Å². The Morgan fingerprint density at radius 1 is 0.900 bits per heavy atom. The summed E-state index contributed by atoms with van der Waals surface area (Å²) in [5.74, 6) is 0. The molecule has 4 atom stereocenters. The zero-order valence-corrected chi connectivity index (χ0v) is 14.6. The molecule has 0 heterocycles. The van der Waals surface area contributed by atoms with E-state index in [1.165, 1.54) is 64.2 Å². The minimum Gasteiger partial charge on any atom is -0.392 e. The van der Waals surface area contributed by atoms with Crippen LogP contribution in [0, 0.1) is 0 Å². The molecule has 20 heavy (non-hydrogen) atoms. The van der Waals surface area contributed by atoms with Gasteiger partial charge in [0.1, 0.15) is 0 Å². The fraction of sp³-hybridized carbons (Fsp3) is 1.00. The van der Waals surface area contributed by atoms with Crippen LogP contribution in [0.4, 0.5) is 0 Å². The molecule has 1 rings (SSSR count). The number of nitrogens with one attached hydrogen (secondary N) is 1. The minimum atomic E-state index is -0.209. The number of thioether (sulfide) groups is 1. The molecule has 0 bridgehead atoms. The summed E-state index contributed by atoms with van der Waals surface area (Å²) in [5.41, 5.74) is 0. The van der Waals surface area contributed by atoms with Gasteiger partial charge < -0.3 is 10.4 Å². The molecule has 3 heteroatoms. The van der Waals surface area contributed by atoms with Crippen molar-refractivity contribution in [3.63, 3.8) is 0 Å². The van der Waals surface area contributed by atoms with E-state index in [-0.39, 0.29) is 6.10 Å². The van der Waals surface area contributed by atoms with Crippen molar-refractivity contribution < 1.29 is 5.11 Å². The summed E-state index contributed by atoms with van der Waals surface area (Å²) < 4.78 is 0. The molecular weight excluding hydrogens is 266 g/mol. The van der Waals surface area contributed by atoms with Gasteiger partial charge in [0.05, 0.1) is 6.10 Å². The average Bonchev–Trinajstić information content (AvgIpc) is 2.41. The first-order valence-electron chi connectivity index (χ1n) is 8.66. The Morgan fingerprint density at radius 2 is 1.40 bits per heavy atom. The SMILES string of the molecule is CNC1CCCCCCCCCCC1SC(C)C(C)O. The van der Waals surface area contributed by atoms with Gasteiger partial charge in [0.25, 0.3) is 0 Å². The normalized spacial score (nSPS) is 30.0. The van der Waals surface area contributed by atoms with Crippen molar-refractivity contribution in [2.45, 2.75) is 101 Å². The Hall–Kier alpha value is 0.270. The van der Waals surface area contributed by atoms with E-state index in [2.05, 4.69) is 19.3 Å². The van der Waals surface area contributed by atoms with E-state index in [0.29, 0.717) is 16.5 Å². The molecule has 2 N–H and O–H groups in total. The molecule has 0 spiro atoms. The highest BCUT2D eigenvalue weighted by Crippen LogP contribution is 2.30. The molecule has 0 radical (unpaired) electrons. The predicted octanol–water partition coefficient (Wildman–Crippen LogP) is 4.36. The Balaban J connectivity index is 2.55. The van der Waals surface area contributed by atoms with Crippen molar-refractivity contribution in [2.24, 2.45) is 0 Å². The molecule has 0 aliphatic heterocycles. The van der Waals surface area contributed by atoms with Crippen LogP contribution in [0.3, 0.4) is 0 Å². The minimum absolute atomic E-state index is 0.209. The summed E-state index contributed by atoms with van der Waals surface area (Å²) >= 11 is 2.00. The van der Waals surface area contributed by atoms with Gasteiger partial charge in [0, 0.05) is 16.5 Å². The third-order valence-corrected chi connectivity index (χ3v) is 6.38. The second-order valence-electron chi connectivity index (χ2n) is 6.42. The summed E-state index contributed by atoms with van der Waals surface area (Å²) in [4.78, 5) is 0. The van der Waals surface area contributed by atoms with Gasteiger partial charge in [-0.2, -0.15) is 11.8 Å². The van der Waals surface area contributed by atoms with E-state index in [0.717, 1.165) is 0 Å². The van der Waals surface area contributed by atoms with Crippen LogP contribution in [-0.2, 0) is 0 Å². The van der Waals surface area contributed by atoms with Crippen molar-refractivity contribution in [1.29, 1.82) is 0 Å². The lowest BCUT2D eigenvalue weighted by atomic mass is 9.97. The van der Waals surface area contributed by atoms with Crippen LogP contribution in [0.15, 0.2) is 0 Å². The van der Waals surface area contributed by atoms with Crippen LogP contribution < -0.4 is 5.32 Å². The zero-order chi connectivity index (χ0) is 14.8. The van der Waals surface area contributed by atoms with Crippen LogP contribution >= 0.6 is 11.8 Å². The fourth-order valence-corrected chi connectivity index (χ4v) is 4.58. The van der Waals surface area contributed by atoms with E-state index in [9.17, 15) is 5.11 Å². The van der Waals surface area contributed by atoms with Gasteiger partial charge >= 0.3 is 0 Å². The van der Waals surface area contributed by atoms with Crippen molar-refractivity contribution >= 4 is 11.8 Å². The maximum absolute atomic E-state index is 9.78. The van der Waals surface area contributed by atoms with Crippen LogP contribution in [-0.4, -0.2) is 34.8 Å². The van der Waals surface area contributed by atoms with Crippen molar-refractivity contribution in [3.05, 3.63) is 0 Å². The third kappa shape index (κ3) is 7.33. The molecule has 0 aromatic heterocycles. The molecule has 0 saturated heterocycles. The van der Waals surface area contributed by atoms with Gasteiger partial charge in [-0.3, -0.25) is 0 Å². The molecule has 2 nitrogen and oxygen atoms in total. The summed E-state index contributed by atoms with van der Waals surface area (Å²) in [7, 11) is 2.11. The molecule has 1 aliphatic rings. The number of aliphatic hydroxyl groups is 1. The van der Waals surface area contributed by atoms with Crippen molar-refractivity contribution in [2.75, 3.05) is 7.05 Å². The van der Waals surface area contributed by atoms with Crippen LogP contribution in [0.1, 0.15) is 78.1 Å². The second-order valence-corrected chi connectivity index (χ2v) is 8.04. The van der Waals surface area contributed by atoms with E-state index in [4.69, 9.17) is 0 Å². The zero-order valence-electron chi connectivity index (χ0n) is 13.7. The average molecular weight is 302 g/mol. The Labute approximate surface area is 130 Å². The van der Waals surface area contributed by atoms with Gasteiger partial charge in [0.15, 0.2) is 0 Å².